The Morgan fingerprint density at radius 1 is 1.29 bits per heavy atom. The molecule has 0 bridgehead atoms. The summed E-state index contributed by atoms with van der Waals surface area (Å²) in [6, 6.07) is 9.74. The van der Waals surface area contributed by atoms with E-state index in [0.29, 0.717) is 13.1 Å². The standard InChI is InChI=1S/C18H24N4O2/c1-13-11-22(12-14(2)24-13)18(23)15(9-19)10-20-16-5-7-17(8-6-16)21(3)4/h5-8,10,13-14,20H,11-12H2,1-4H3/b15-10-. The third kappa shape index (κ3) is 4.49. The summed E-state index contributed by atoms with van der Waals surface area (Å²) in [5.74, 6) is -0.267. The molecule has 0 spiro atoms. The van der Waals surface area contributed by atoms with Crippen molar-refractivity contribution in [1.82, 2.24) is 4.90 Å². The van der Waals surface area contributed by atoms with Gasteiger partial charge in [-0.25, -0.2) is 0 Å². The Labute approximate surface area is 143 Å². The summed E-state index contributed by atoms with van der Waals surface area (Å²) in [5.41, 5.74) is 2.00. The molecule has 1 saturated heterocycles. The lowest BCUT2D eigenvalue weighted by Crippen LogP contribution is -2.48. The molecule has 1 N–H and O–H groups in total. The highest BCUT2D eigenvalue weighted by Gasteiger charge is 2.27. The van der Waals surface area contributed by atoms with Crippen LogP contribution in [0, 0.1) is 11.3 Å². The maximum absolute atomic E-state index is 12.5. The second-order valence-corrected chi connectivity index (χ2v) is 6.22. The third-order valence-corrected chi connectivity index (χ3v) is 3.82. The van der Waals surface area contributed by atoms with E-state index in [1.807, 2.05) is 63.2 Å². The molecular weight excluding hydrogens is 304 g/mol. The van der Waals surface area contributed by atoms with E-state index in [4.69, 9.17) is 4.74 Å². The van der Waals surface area contributed by atoms with Gasteiger partial charge in [0.25, 0.3) is 5.91 Å². The number of anilines is 2. The first-order valence-corrected chi connectivity index (χ1v) is 7.99. The van der Waals surface area contributed by atoms with Crippen LogP contribution in [0.15, 0.2) is 36.0 Å². The minimum atomic E-state index is -0.267. The molecule has 1 aromatic rings. The molecule has 0 aromatic heterocycles. The Hall–Kier alpha value is -2.52. The highest BCUT2D eigenvalue weighted by atomic mass is 16.5. The number of morpholine rings is 1. The van der Waals surface area contributed by atoms with Gasteiger partial charge in [0.05, 0.1) is 12.2 Å². The van der Waals surface area contributed by atoms with E-state index in [2.05, 4.69) is 5.32 Å². The molecule has 6 heteroatoms. The molecule has 128 valence electrons. The van der Waals surface area contributed by atoms with Gasteiger partial charge in [-0.05, 0) is 38.1 Å². The van der Waals surface area contributed by atoms with E-state index in [9.17, 15) is 10.1 Å². The van der Waals surface area contributed by atoms with Gasteiger partial charge in [-0.15, -0.1) is 0 Å². The summed E-state index contributed by atoms with van der Waals surface area (Å²) < 4.78 is 5.62. The number of hydrogen-bond donors (Lipinski definition) is 1. The lowest BCUT2D eigenvalue weighted by atomic mass is 10.2. The van der Waals surface area contributed by atoms with Crippen molar-refractivity contribution in [2.75, 3.05) is 37.4 Å². The van der Waals surface area contributed by atoms with E-state index >= 15 is 0 Å². The van der Waals surface area contributed by atoms with Gasteiger partial charge in [0.1, 0.15) is 11.6 Å². The van der Waals surface area contributed by atoms with Crippen molar-refractivity contribution in [2.45, 2.75) is 26.1 Å². The number of amides is 1. The summed E-state index contributed by atoms with van der Waals surface area (Å²) in [7, 11) is 3.94. The predicted octanol–water partition coefficient (Wildman–Crippen LogP) is 2.21. The molecular formula is C18H24N4O2. The molecule has 2 unspecified atom stereocenters. The second kappa shape index (κ2) is 7.84. The number of hydrogen-bond acceptors (Lipinski definition) is 5. The van der Waals surface area contributed by atoms with Crippen LogP contribution in [0.25, 0.3) is 0 Å². The van der Waals surface area contributed by atoms with Crippen molar-refractivity contribution < 1.29 is 9.53 Å². The topological polar surface area (TPSA) is 68.6 Å². The van der Waals surface area contributed by atoms with Crippen molar-refractivity contribution in [3.05, 3.63) is 36.0 Å². The van der Waals surface area contributed by atoms with Crippen LogP contribution in [0.1, 0.15) is 13.8 Å². The van der Waals surface area contributed by atoms with Gasteiger partial charge in [-0.3, -0.25) is 4.79 Å². The van der Waals surface area contributed by atoms with Crippen molar-refractivity contribution in [2.24, 2.45) is 0 Å². The van der Waals surface area contributed by atoms with Crippen LogP contribution in [0.5, 0.6) is 0 Å². The van der Waals surface area contributed by atoms with Crippen LogP contribution in [0.3, 0.4) is 0 Å². The molecule has 2 atom stereocenters. The first kappa shape index (κ1) is 17.8. The van der Waals surface area contributed by atoms with Crippen molar-refractivity contribution in [1.29, 1.82) is 5.26 Å². The fraction of sp³-hybridized carbons (Fsp3) is 0.444. The molecule has 1 aliphatic rings. The van der Waals surface area contributed by atoms with E-state index in [0.717, 1.165) is 11.4 Å². The zero-order valence-electron chi connectivity index (χ0n) is 14.6. The number of rotatable bonds is 4. The maximum atomic E-state index is 12.5. The Morgan fingerprint density at radius 3 is 2.38 bits per heavy atom. The lowest BCUT2D eigenvalue weighted by molar-refractivity contribution is -0.138. The molecule has 1 aromatic carbocycles. The summed E-state index contributed by atoms with van der Waals surface area (Å²) in [5, 5.41) is 12.3. The molecule has 2 rings (SSSR count). The van der Waals surface area contributed by atoms with Gasteiger partial charge in [-0.1, -0.05) is 0 Å². The van der Waals surface area contributed by atoms with Crippen molar-refractivity contribution >= 4 is 17.3 Å². The average Bonchev–Trinajstić information content (AvgIpc) is 2.54. The first-order chi connectivity index (χ1) is 11.4. The third-order valence-electron chi connectivity index (χ3n) is 3.82. The Bertz CT molecular complexity index is 636. The molecule has 1 amide bonds. The minimum Gasteiger partial charge on any atom is -0.378 e. The van der Waals surface area contributed by atoms with E-state index in [1.165, 1.54) is 6.20 Å². The molecule has 1 fully saturated rings. The monoisotopic (exact) mass is 328 g/mol. The summed E-state index contributed by atoms with van der Waals surface area (Å²) in [4.78, 5) is 16.2. The highest BCUT2D eigenvalue weighted by molar-refractivity contribution is 5.97. The molecule has 0 saturated carbocycles. The summed E-state index contributed by atoms with van der Waals surface area (Å²) in [6.45, 7) is 4.85. The minimum absolute atomic E-state index is 0.0239. The fourth-order valence-corrected chi connectivity index (χ4v) is 2.67. The van der Waals surface area contributed by atoms with Gasteiger partial charge in [0, 0.05) is 44.8 Å². The molecule has 6 nitrogen and oxygen atoms in total. The van der Waals surface area contributed by atoms with Crippen molar-refractivity contribution in [3.8, 4) is 6.07 Å². The quantitative estimate of drug-likeness (QED) is 0.678. The maximum Gasteiger partial charge on any atom is 0.266 e. The second-order valence-electron chi connectivity index (χ2n) is 6.22. The zero-order chi connectivity index (χ0) is 17.7. The van der Waals surface area contributed by atoms with E-state index in [1.54, 1.807) is 4.90 Å². The number of nitrogens with one attached hydrogen (secondary N) is 1. The summed E-state index contributed by atoms with van der Waals surface area (Å²) in [6.07, 6.45) is 1.42. The Morgan fingerprint density at radius 2 is 1.88 bits per heavy atom. The largest absolute Gasteiger partial charge is 0.378 e. The molecule has 1 aliphatic heterocycles. The Balaban J connectivity index is 2.05. The summed E-state index contributed by atoms with van der Waals surface area (Å²) >= 11 is 0. The number of benzene rings is 1. The van der Waals surface area contributed by atoms with Gasteiger partial charge < -0.3 is 19.9 Å². The molecule has 24 heavy (non-hydrogen) atoms. The molecule has 0 aliphatic carbocycles. The number of nitrogens with zero attached hydrogens (tertiary/aromatic N) is 3. The zero-order valence-corrected chi connectivity index (χ0v) is 14.6. The lowest BCUT2D eigenvalue weighted by Gasteiger charge is -2.35. The van der Waals surface area contributed by atoms with Crippen LogP contribution in [0.4, 0.5) is 11.4 Å². The van der Waals surface area contributed by atoms with Crippen LogP contribution in [0.2, 0.25) is 0 Å². The highest BCUT2D eigenvalue weighted by Crippen LogP contribution is 2.17. The smallest absolute Gasteiger partial charge is 0.266 e. The van der Waals surface area contributed by atoms with Gasteiger partial charge in [0.2, 0.25) is 0 Å². The number of nitriles is 1. The van der Waals surface area contributed by atoms with Crippen molar-refractivity contribution in [3.63, 3.8) is 0 Å². The first-order valence-electron chi connectivity index (χ1n) is 7.99. The number of carbonyl (C=O) groups is 1. The fourth-order valence-electron chi connectivity index (χ4n) is 2.67. The van der Waals surface area contributed by atoms with Crippen LogP contribution < -0.4 is 10.2 Å². The van der Waals surface area contributed by atoms with Gasteiger partial charge >= 0.3 is 0 Å². The van der Waals surface area contributed by atoms with Crippen LogP contribution >= 0.6 is 0 Å². The van der Waals surface area contributed by atoms with Crippen LogP contribution in [-0.4, -0.2) is 50.2 Å². The van der Waals surface area contributed by atoms with Gasteiger partial charge in [0.15, 0.2) is 0 Å². The van der Waals surface area contributed by atoms with E-state index < -0.39 is 0 Å². The average molecular weight is 328 g/mol. The number of ether oxygens (including phenoxy) is 1. The molecule has 0 radical (unpaired) electrons. The van der Waals surface area contributed by atoms with E-state index in [-0.39, 0.29) is 23.7 Å². The number of carbonyl (C=O) groups excluding carboxylic acids is 1. The predicted molar refractivity (Wildman–Crippen MR) is 94.7 cm³/mol. The normalized spacial score (nSPS) is 21.1. The van der Waals surface area contributed by atoms with Crippen LogP contribution in [-0.2, 0) is 9.53 Å². The SMILES string of the molecule is CC1CN(C(=O)/C(C#N)=C\Nc2ccc(N(C)C)cc2)CC(C)O1. The van der Waals surface area contributed by atoms with Gasteiger partial charge in [-0.2, -0.15) is 5.26 Å². The Kier molecular flexibility index (Phi) is 5.83. The molecule has 1 heterocycles.